The van der Waals surface area contributed by atoms with Crippen molar-refractivity contribution in [1.29, 1.82) is 0 Å². The van der Waals surface area contributed by atoms with Gasteiger partial charge in [-0.1, -0.05) is 61.6 Å². The Hall–Kier alpha value is -2.46. The van der Waals surface area contributed by atoms with Gasteiger partial charge in [-0.3, -0.25) is 10.1 Å². The summed E-state index contributed by atoms with van der Waals surface area (Å²) >= 11 is 1.48. The van der Waals surface area contributed by atoms with Gasteiger partial charge in [0, 0.05) is 6.08 Å². The van der Waals surface area contributed by atoms with Gasteiger partial charge in [0.2, 0.25) is 5.91 Å². The van der Waals surface area contributed by atoms with Crippen molar-refractivity contribution in [3.63, 3.8) is 0 Å². The summed E-state index contributed by atoms with van der Waals surface area (Å²) in [5.74, 6) is 0.340. The molecule has 2 aromatic carbocycles. The Labute approximate surface area is 139 Å². The van der Waals surface area contributed by atoms with Crippen LogP contribution in [0, 0.1) is 0 Å². The summed E-state index contributed by atoms with van der Waals surface area (Å²) in [5, 5.41) is 3.43. The molecule has 0 bridgehead atoms. The third-order valence-corrected chi connectivity index (χ3v) is 4.51. The van der Waals surface area contributed by atoms with Crippen molar-refractivity contribution in [1.82, 2.24) is 4.98 Å². The number of aromatic nitrogens is 1. The van der Waals surface area contributed by atoms with Crippen molar-refractivity contribution >= 4 is 38.7 Å². The van der Waals surface area contributed by atoms with Gasteiger partial charge < -0.3 is 0 Å². The van der Waals surface area contributed by atoms with E-state index in [4.69, 9.17) is 0 Å². The van der Waals surface area contributed by atoms with Gasteiger partial charge in [-0.2, -0.15) is 0 Å². The smallest absolute Gasteiger partial charge is 0.250 e. The maximum absolute atomic E-state index is 12.0. The Kier molecular flexibility index (Phi) is 4.53. The first-order valence-corrected chi connectivity index (χ1v) is 8.38. The number of hydrogen-bond acceptors (Lipinski definition) is 3. The predicted octanol–water partition coefficient (Wildman–Crippen LogP) is 5.07. The maximum Gasteiger partial charge on any atom is 0.250 e. The van der Waals surface area contributed by atoms with Gasteiger partial charge in [-0.25, -0.2) is 4.98 Å². The zero-order valence-electron chi connectivity index (χ0n) is 13.1. The molecule has 0 radical (unpaired) electrons. The van der Waals surface area contributed by atoms with Crippen molar-refractivity contribution < 1.29 is 4.79 Å². The summed E-state index contributed by atoms with van der Waals surface area (Å²) in [5.41, 5.74) is 3.20. The van der Waals surface area contributed by atoms with Crippen LogP contribution in [0.15, 0.2) is 54.6 Å². The number of carbonyl (C=O) groups excluding carboxylic acids is 1. The van der Waals surface area contributed by atoms with Crippen LogP contribution in [0.1, 0.15) is 30.9 Å². The monoisotopic (exact) mass is 322 g/mol. The number of carbonyl (C=O) groups is 1. The lowest BCUT2D eigenvalue weighted by molar-refractivity contribution is -0.111. The topological polar surface area (TPSA) is 42.0 Å². The maximum atomic E-state index is 12.0. The average Bonchev–Trinajstić information content (AvgIpc) is 2.95. The van der Waals surface area contributed by atoms with Crippen LogP contribution < -0.4 is 5.32 Å². The Bertz CT molecular complexity index is 814. The lowest BCUT2D eigenvalue weighted by Gasteiger charge is -2.04. The Morgan fingerprint density at radius 1 is 1.13 bits per heavy atom. The Balaban J connectivity index is 1.66. The number of thiazole rings is 1. The van der Waals surface area contributed by atoms with E-state index in [0.717, 1.165) is 15.8 Å². The summed E-state index contributed by atoms with van der Waals surface area (Å²) < 4.78 is 1.07. The molecule has 0 unspecified atom stereocenters. The van der Waals surface area contributed by atoms with Crippen LogP contribution in [0.2, 0.25) is 0 Å². The van der Waals surface area contributed by atoms with E-state index in [9.17, 15) is 4.79 Å². The highest BCUT2D eigenvalue weighted by Gasteiger charge is 2.05. The van der Waals surface area contributed by atoms with Crippen LogP contribution >= 0.6 is 11.3 Å². The molecule has 3 nitrogen and oxygen atoms in total. The van der Waals surface area contributed by atoms with Gasteiger partial charge in [0.1, 0.15) is 0 Å². The van der Waals surface area contributed by atoms with E-state index in [1.807, 2.05) is 42.5 Å². The van der Waals surface area contributed by atoms with E-state index in [-0.39, 0.29) is 5.91 Å². The third-order valence-electron chi connectivity index (χ3n) is 3.55. The summed E-state index contributed by atoms with van der Waals surface area (Å²) in [6, 6.07) is 16.1. The zero-order chi connectivity index (χ0) is 16.2. The van der Waals surface area contributed by atoms with E-state index >= 15 is 0 Å². The number of nitrogens with zero attached hydrogens (tertiary/aromatic N) is 1. The number of fused-ring (bicyclic) bond motifs is 1. The molecule has 0 saturated carbocycles. The number of hydrogen-bond donors (Lipinski definition) is 1. The Morgan fingerprint density at radius 2 is 1.87 bits per heavy atom. The molecule has 0 atom stereocenters. The second-order valence-corrected chi connectivity index (χ2v) is 6.66. The minimum absolute atomic E-state index is 0.169. The normalized spacial score (nSPS) is 11.4. The first kappa shape index (κ1) is 15.4. The molecule has 0 saturated heterocycles. The molecule has 0 aliphatic rings. The van der Waals surface area contributed by atoms with Crippen LogP contribution in [0.25, 0.3) is 16.3 Å². The van der Waals surface area contributed by atoms with E-state index in [0.29, 0.717) is 11.0 Å². The summed E-state index contributed by atoms with van der Waals surface area (Å²) in [7, 11) is 0. The first-order chi connectivity index (χ1) is 11.1. The molecule has 23 heavy (non-hydrogen) atoms. The van der Waals surface area contributed by atoms with Crippen LogP contribution in [-0.4, -0.2) is 10.9 Å². The summed E-state index contributed by atoms with van der Waals surface area (Å²) in [6.07, 6.45) is 3.35. The van der Waals surface area contributed by atoms with Crippen LogP contribution in [0.4, 0.5) is 5.13 Å². The molecule has 0 aliphatic heterocycles. The fourth-order valence-electron chi connectivity index (χ4n) is 2.24. The molecule has 4 heteroatoms. The van der Waals surface area contributed by atoms with Crippen LogP contribution in [0.5, 0.6) is 0 Å². The zero-order valence-corrected chi connectivity index (χ0v) is 13.9. The van der Waals surface area contributed by atoms with Crippen molar-refractivity contribution in [3.05, 3.63) is 65.7 Å². The van der Waals surface area contributed by atoms with Crippen LogP contribution in [0.3, 0.4) is 0 Å². The van der Waals surface area contributed by atoms with Gasteiger partial charge in [-0.15, -0.1) is 0 Å². The summed E-state index contributed by atoms with van der Waals surface area (Å²) in [6.45, 7) is 4.33. The van der Waals surface area contributed by atoms with E-state index in [2.05, 4.69) is 36.3 Å². The fraction of sp³-hybridized carbons (Fsp3) is 0.158. The molecule has 3 rings (SSSR count). The van der Waals surface area contributed by atoms with E-state index in [1.165, 1.54) is 23.0 Å². The largest absolute Gasteiger partial charge is 0.298 e. The fourth-order valence-corrected chi connectivity index (χ4v) is 3.11. The Morgan fingerprint density at radius 3 is 2.57 bits per heavy atom. The van der Waals surface area contributed by atoms with Gasteiger partial charge in [-0.05, 0) is 35.3 Å². The van der Waals surface area contributed by atoms with E-state index < -0.39 is 0 Å². The minimum Gasteiger partial charge on any atom is -0.298 e. The minimum atomic E-state index is -0.169. The molecule has 116 valence electrons. The molecule has 1 N–H and O–H groups in total. The number of rotatable bonds is 4. The van der Waals surface area contributed by atoms with Crippen molar-refractivity contribution in [2.45, 2.75) is 19.8 Å². The van der Waals surface area contributed by atoms with Gasteiger partial charge in [0.25, 0.3) is 0 Å². The second-order valence-electron chi connectivity index (χ2n) is 5.63. The molecule has 1 amide bonds. The average molecular weight is 322 g/mol. The molecule has 0 fully saturated rings. The molecule has 1 heterocycles. The van der Waals surface area contributed by atoms with E-state index in [1.54, 1.807) is 0 Å². The molecule has 3 aromatic rings. The van der Waals surface area contributed by atoms with Crippen molar-refractivity contribution in [2.75, 3.05) is 5.32 Å². The molecular formula is C19H18N2OS. The number of para-hydroxylation sites is 1. The highest BCUT2D eigenvalue weighted by Crippen LogP contribution is 2.25. The van der Waals surface area contributed by atoms with Gasteiger partial charge >= 0.3 is 0 Å². The highest BCUT2D eigenvalue weighted by molar-refractivity contribution is 7.22. The van der Waals surface area contributed by atoms with Crippen LogP contribution in [-0.2, 0) is 4.79 Å². The number of nitrogens with one attached hydrogen (secondary N) is 1. The number of amides is 1. The van der Waals surface area contributed by atoms with Gasteiger partial charge in [0.15, 0.2) is 5.13 Å². The van der Waals surface area contributed by atoms with Crippen molar-refractivity contribution in [3.8, 4) is 0 Å². The SMILES string of the molecule is CC(C)c1ccc(C=CC(=O)Nc2nc3ccccc3s2)cc1. The predicted molar refractivity (Wildman–Crippen MR) is 97.8 cm³/mol. The molecule has 0 spiro atoms. The second kappa shape index (κ2) is 6.75. The number of benzene rings is 2. The van der Waals surface area contributed by atoms with Crippen molar-refractivity contribution in [2.24, 2.45) is 0 Å². The lowest BCUT2D eigenvalue weighted by atomic mass is 10.0. The molecule has 1 aromatic heterocycles. The quantitative estimate of drug-likeness (QED) is 0.681. The third kappa shape index (κ3) is 3.85. The lowest BCUT2D eigenvalue weighted by Crippen LogP contribution is -2.07. The summed E-state index contributed by atoms with van der Waals surface area (Å²) in [4.78, 5) is 16.4. The molecule has 0 aliphatic carbocycles. The highest BCUT2D eigenvalue weighted by atomic mass is 32.1. The first-order valence-electron chi connectivity index (χ1n) is 7.56. The standard InChI is InChI=1S/C19H18N2OS/c1-13(2)15-10-7-14(8-11-15)9-12-18(22)21-19-20-16-5-3-4-6-17(16)23-19/h3-13H,1-2H3,(H,20,21,22). The van der Waals surface area contributed by atoms with Gasteiger partial charge in [0.05, 0.1) is 10.2 Å². The molecular weight excluding hydrogens is 304 g/mol. The number of anilines is 1.